The first-order valence-electron chi connectivity index (χ1n) is 9.05. The number of benzene rings is 1. The smallest absolute Gasteiger partial charge is 0.322 e. The van der Waals surface area contributed by atoms with E-state index in [1.54, 1.807) is 13.1 Å². The van der Waals surface area contributed by atoms with Gasteiger partial charge in [0.1, 0.15) is 5.54 Å². The second-order valence-corrected chi connectivity index (χ2v) is 7.21. The number of nitrogens with one attached hydrogen (secondary N) is 1. The number of aromatic nitrogens is 2. The number of urea groups is 1. The summed E-state index contributed by atoms with van der Waals surface area (Å²) in [4.78, 5) is 24.5. The van der Waals surface area contributed by atoms with E-state index in [9.17, 15) is 9.59 Å². The highest BCUT2D eigenvalue weighted by Crippen LogP contribution is 2.21. The minimum absolute atomic E-state index is 0.339. The molecular formula is C20H25N5O2. The Balaban J connectivity index is 1.83. The number of hydrogen-bond donors (Lipinski definition) is 1. The van der Waals surface area contributed by atoms with Crippen LogP contribution in [0.15, 0.2) is 29.4 Å². The number of carbonyl (C=O) groups excluding carboxylic acids is 2. The first-order valence-corrected chi connectivity index (χ1v) is 9.05. The normalized spacial score (nSPS) is 20.0. The third-order valence-electron chi connectivity index (χ3n) is 5.14. The van der Waals surface area contributed by atoms with E-state index in [0.29, 0.717) is 13.0 Å². The summed E-state index contributed by atoms with van der Waals surface area (Å²) in [7, 11) is 0. The Bertz CT molecular complexity index is 913. The van der Waals surface area contributed by atoms with Crippen LogP contribution in [-0.2, 0) is 11.3 Å². The van der Waals surface area contributed by atoms with Gasteiger partial charge in [-0.1, -0.05) is 36.8 Å². The van der Waals surface area contributed by atoms with Gasteiger partial charge in [0.25, 0.3) is 5.91 Å². The van der Waals surface area contributed by atoms with E-state index in [4.69, 9.17) is 0 Å². The average molecular weight is 367 g/mol. The van der Waals surface area contributed by atoms with Gasteiger partial charge in [-0.3, -0.25) is 9.48 Å². The lowest BCUT2D eigenvalue weighted by Gasteiger charge is -2.17. The van der Waals surface area contributed by atoms with Crippen molar-refractivity contribution in [2.45, 2.75) is 53.1 Å². The van der Waals surface area contributed by atoms with Gasteiger partial charge in [0.15, 0.2) is 0 Å². The maximum absolute atomic E-state index is 12.4. The van der Waals surface area contributed by atoms with Crippen molar-refractivity contribution in [1.29, 1.82) is 0 Å². The van der Waals surface area contributed by atoms with E-state index < -0.39 is 11.6 Å². The Labute approximate surface area is 159 Å². The molecule has 0 aliphatic carbocycles. The van der Waals surface area contributed by atoms with Crippen LogP contribution in [0.25, 0.3) is 0 Å². The van der Waals surface area contributed by atoms with Gasteiger partial charge in [0, 0.05) is 11.3 Å². The van der Waals surface area contributed by atoms with Crippen LogP contribution < -0.4 is 5.32 Å². The molecule has 1 aliphatic rings. The maximum Gasteiger partial charge on any atom is 0.346 e. The van der Waals surface area contributed by atoms with E-state index in [2.05, 4.69) is 46.7 Å². The van der Waals surface area contributed by atoms with E-state index in [1.807, 2.05) is 25.5 Å². The van der Waals surface area contributed by atoms with Gasteiger partial charge in [0.05, 0.1) is 18.5 Å². The van der Waals surface area contributed by atoms with E-state index in [1.165, 1.54) is 5.56 Å². The Kier molecular flexibility index (Phi) is 4.87. The van der Waals surface area contributed by atoms with Crippen LogP contribution >= 0.6 is 0 Å². The number of imide groups is 1. The largest absolute Gasteiger partial charge is 0.346 e. The van der Waals surface area contributed by atoms with Gasteiger partial charge >= 0.3 is 6.03 Å². The Morgan fingerprint density at radius 1 is 1.19 bits per heavy atom. The van der Waals surface area contributed by atoms with Gasteiger partial charge in [-0.15, -0.1) is 5.01 Å². The second-order valence-electron chi connectivity index (χ2n) is 7.21. The monoisotopic (exact) mass is 367 g/mol. The zero-order valence-electron chi connectivity index (χ0n) is 16.4. The summed E-state index contributed by atoms with van der Waals surface area (Å²) >= 11 is 0. The molecule has 1 aromatic heterocycles. The third kappa shape index (κ3) is 3.49. The highest BCUT2D eigenvalue weighted by atomic mass is 16.2. The quantitative estimate of drug-likeness (QED) is 0.652. The van der Waals surface area contributed by atoms with Crippen LogP contribution in [0, 0.1) is 20.8 Å². The number of hydrogen-bond acceptors (Lipinski definition) is 4. The van der Waals surface area contributed by atoms with Gasteiger partial charge in [0.2, 0.25) is 0 Å². The van der Waals surface area contributed by atoms with Gasteiger partial charge < -0.3 is 5.32 Å². The molecule has 0 bridgehead atoms. The molecule has 2 aromatic rings. The second kappa shape index (κ2) is 6.98. The van der Waals surface area contributed by atoms with Crippen molar-refractivity contribution in [3.05, 3.63) is 52.3 Å². The van der Waals surface area contributed by atoms with E-state index in [-0.39, 0.29) is 5.91 Å². The van der Waals surface area contributed by atoms with Crippen LogP contribution in [0.4, 0.5) is 4.79 Å². The molecule has 1 aromatic carbocycles. The predicted octanol–water partition coefficient (Wildman–Crippen LogP) is 2.91. The molecule has 27 heavy (non-hydrogen) atoms. The molecule has 7 nitrogen and oxygen atoms in total. The standard InChI is InChI=1S/C20H25N5O2/c1-6-20(5)18(26)25(19(27)22-20)21-11-17-14(3)23-24(15(17)4)12-16-9-7-13(2)8-10-16/h7-11H,6,12H2,1-5H3,(H,22,27)/b21-11+. The lowest BCUT2D eigenvalue weighted by atomic mass is 10.00. The number of nitrogens with zero attached hydrogens (tertiary/aromatic N) is 4. The average Bonchev–Trinajstić information content (AvgIpc) is 3.02. The molecule has 1 N–H and O–H groups in total. The summed E-state index contributed by atoms with van der Waals surface area (Å²) in [5.74, 6) is -0.339. The van der Waals surface area contributed by atoms with Crippen molar-refractivity contribution in [2.24, 2.45) is 5.10 Å². The van der Waals surface area contributed by atoms with Crippen molar-refractivity contribution in [3.8, 4) is 0 Å². The molecule has 1 fully saturated rings. The first-order chi connectivity index (χ1) is 12.7. The van der Waals surface area contributed by atoms with Crippen LogP contribution in [-0.4, -0.2) is 38.5 Å². The molecule has 1 atom stereocenters. The predicted molar refractivity (Wildman–Crippen MR) is 104 cm³/mol. The minimum atomic E-state index is -0.895. The summed E-state index contributed by atoms with van der Waals surface area (Å²) in [5.41, 5.74) is 4.02. The topological polar surface area (TPSA) is 79.6 Å². The number of rotatable bonds is 5. The summed E-state index contributed by atoms with van der Waals surface area (Å²) in [5, 5.41) is 12.3. The molecule has 2 heterocycles. The fourth-order valence-electron chi connectivity index (χ4n) is 3.05. The Morgan fingerprint density at radius 2 is 1.85 bits per heavy atom. The molecule has 1 saturated heterocycles. The number of carbonyl (C=O) groups is 2. The van der Waals surface area contributed by atoms with E-state index in [0.717, 1.165) is 27.5 Å². The minimum Gasteiger partial charge on any atom is -0.322 e. The Morgan fingerprint density at radius 3 is 2.44 bits per heavy atom. The Hall–Kier alpha value is -2.96. The van der Waals surface area contributed by atoms with Crippen molar-refractivity contribution in [1.82, 2.24) is 20.1 Å². The molecule has 1 aliphatic heterocycles. The third-order valence-corrected chi connectivity index (χ3v) is 5.14. The van der Waals surface area contributed by atoms with Crippen molar-refractivity contribution in [3.63, 3.8) is 0 Å². The summed E-state index contributed by atoms with van der Waals surface area (Å²) < 4.78 is 1.91. The summed E-state index contributed by atoms with van der Waals surface area (Å²) in [6.45, 7) is 10.1. The van der Waals surface area contributed by atoms with E-state index >= 15 is 0 Å². The van der Waals surface area contributed by atoms with Crippen molar-refractivity contribution >= 4 is 18.2 Å². The number of hydrazone groups is 1. The highest BCUT2D eigenvalue weighted by Gasteiger charge is 2.46. The highest BCUT2D eigenvalue weighted by molar-refractivity contribution is 6.07. The molecule has 3 rings (SSSR count). The first kappa shape index (κ1) is 18.8. The molecule has 7 heteroatoms. The fourth-order valence-corrected chi connectivity index (χ4v) is 3.05. The van der Waals surface area contributed by atoms with Gasteiger partial charge in [-0.2, -0.15) is 10.2 Å². The molecule has 142 valence electrons. The molecule has 3 amide bonds. The van der Waals surface area contributed by atoms with Crippen molar-refractivity contribution in [2.75, 3.05) is 0 Å². The van der Waals surface area contributed by atoms with Crippen LogP contribution in [0.1, 0.15) is 48.3 Å². The molecule has 0 saturated carbocycles. The van der Waals surface area contributed by atoms with Gasteiger partial charge in [-0.05, 0) is 39.7 Å². The fraction of sp³-hybridized carbons (Fsp3) is 0.400. The SMILES string of the molecule is CCC1(C)NC(=O)N(/N=C/c2c(C)nn(Cc3ccc(C)cc3)c2C)C1=O. The molecular weight excluding hydrogens is 342 g/mol. The van der Waals surface area contributed by atoms with Gasteiger partial charge in [-0.25, -0.2) is 4.79 Å². The van der Waals surface area contributed by atoms with Crippen molar-refractivity contribution < 1.29 is 9.59 Å². The van der Waals surface area contributed by atoms with Crippen LogP contribution in [0.2, 0.25) is 0 Å². The molecule has 1 unspecified atom stereocenters. The molecule has 0 spiro atoms. The number of amides is 3. The zero-order valence-corrected chi connectivity index (χ0v) is 16.4. The summed E-state index contributed by atoms with van der Waals surface area (Å²) in [6, 6.07) is 7.82. The lowest BCUT2D eigenvalue weighted by Crippen LogP contribution is -2.42. The molecule has 0 radical (unpaired) electrons. The van der Waals surface area contributed by atoms with Crippen LogP contribution in [0.5, 0.6) is 0 Å². The summed E-state index contributed by atoms with van der Waals surface area (Å²) in [6.07, 6.45) is 2.05. The lowest BCUT2D eigenvalue weighted by molar-refractivity contribution is -0.130. The zero-order chi connectivity index (χ0) is 19.8. The maximum atomic E-state index is 12.4. The van der Waals surface area contributed by atoms with Crippen LogP contribution in [0.3, 0.4) is 0 Å². The number of aryl methyl sites for hydroxylation is 2.